The quantitative estimate of drug-likeness (QED) is 0.247. The van der Waals surface area contributed by atoms with Crippen molar-refractivity contribution in [3.63, 3.8) is 0 Å². The molecule has 0 aliphatic heterocycles. The zero-order chi connectivity index (χ0) is 26.0. The van der Waals surface area contributed by atoms with Gasteiger partial charge in [-0.1, -0.05) is 42.5 Å². The van der Waals surface area contributed by atoms with E-state index in [2.05, 4.69) is 12.1 Å². The largest absolute Gasteiger partial charge is 0.497 e. The van der Waals surface area contributed by atoms with Crippen molar-refractivity contribution >= 4 is 11.9 Å². The third kappa shape index (κ3) is 6.98. The van der Waals surface area contributed by atoms with Crippen LogP contribution in [-0.4, -0.2) is 37.5 Å². The molecule has 6 nitrogen and oxygen atoms in total. The molecule has 0 heterocycles. The fourth-order valence-corrected chi connectivity index (χ4v) is 3.87. The van der Waals surface area contributed by atoms with Gasteiger partial charge in [0, 0.05) is 18.7 Å². The molecule has 0 unspecified atom stereocenters. The summed E-state index contributed by atoms with van der Waals surface area (Å²) >= 11 is 0. The number of nitrogens with zero attached hydrogens (tertiary/aromatic N) is 1. The lowest BCUT2D eigenvalue weighted by Crippen LogP contribution is -2.32. The number of carbonyl (C=O) groups excluding carboxylic acids is 2. The molecule has 6 heteroatoms. The lowest BCUT2D eigenvalue weighted by atomic mass is 10.1. The highest BCUT2D eigenvalue weighted by Gasteiger charge is 2.17. The summed E-state index contributed by atoms with van der Waals surface area (Å²) in [6.45, 7) is 0.961. The molecule has 0 radical (unpaired) electrons. The van der Waals surface area contributed by atoms with Crippen LogP contribution in [0.25, 0.3) is 0 Å². The summed E-state index contributed by atoms with van der Waals surface area (Å²) in [4.78, 5) is 27.1. The summed E-state index contributed by atoms with van der Waals surface area (Å²) < 4.78 is 15.9. The fraction of sp³-hybridized carbons (Fsp3) is 0.161. The van der Waals surface area contributed by atoms with E-state index in [4.69, 9.17) is 14.2 Å². The summed E-state index contributed by atoms with van der Waals surface area (Å²) in [5, 5.41) is 0. The van der Waals surface area contributed by atoms with Crippen molar-refractivity contribution in [2.75, 3.05) is 20.8 Å². The second-order valence-corrected chi connectivity index (χ2v) is 8.45. The van der Waals surface area contributed by atoms with Gasteiger partial charge in [0.2, 0.25) is 0 Å². The molecule has 0 bridgehead atoms. The average molecular weight is 496 g/mol. The van der Waals surface area contributed by atoms with Crippen molar-refractivity contribution < 1.29 is 23.8 Å². The second-order valence-electron chi connectivity index (χ2n) is 8.45. The molecule has 0 aromatic heterocycles. The predicted octanol–water partition coefficient (Wildman–Crippen LogP) is 6.16. The number of hydrogen-bond donors (Lipinski definition) is 0. The van der Waals surface area contributed by atoms with Crippen LogP contribution in [0.4, 0.5) is 0 Å². The van der Waals surface area contributed by atoms with Crippen molar-refractivity contribution in [2.24, 2.45) is 0 Å². The smallest absolute Gasteiger partial charge is 0.337 e. The van der Waals surface area contributed by atoms with Gasteiger partial charge in [-0.3, -0.25) is 4.79 Å². The number of hydrogen-bond acceptors (Lipinski definition) is 5. The Labute approximate surface area is 217 Å². The third-order valence-electron chi connectivity index (χ3n) is 5.95. The molecular weight excluding hydrogens is 466 g/mol. The molecule has 0 aliphatic rings. The van der Waals surface area contributed by atoms with Crippen molar-refractivity contribution in [1.29, 1.82) is 0 Å². The molecule has 0 atom stereocenters. The molecule has 4 rings (SSSR count). The first-order chi connectivity index (χ1) is 18.1. The standard InChI is InChI=1S/C31H29NO5/c1-35-27-16-18-29(19-17-27)37-28-14-12-25(13-15-28)30(33)32(21-20-23-6-4-3-5-7-23)22-24-8-10-26(11-9-24)31(34)36-2/h3-19H,20-22H2,1-2H3. The lowest BCUT2D eigenvalue weighted by molar-refractivity contribution is 0.0600. The molecule has 4 aromatic carbocycles. The van der Waals surface area contributed by atoms with Crippen LogP contribution in [0, 0.1) is 0 Å². The van der Waals surface area contributed by atoms with E-state index in [0.717, 1.165) is 23.3 Å². The fourth-order valence-electron chi connectivity index (χ4n) is 3.87. The highest BCUT2D eigenvalue weighted by molar-refractivity contribution is 5.94. The minimum atomic E-state index is -0.388. The maximum Gasteiger partial charge on any atom is 0.337 e. The molecule has 4 aromatic rings. The minimum absolute atomic E-state index is 0.0797. The van der Waals surface area contributed by atoms with Crippen LogP contribution < -0.4 is 9.47 Å². The molecule has 0 N–H and O–H groups in total. The van der Waals surface area contributed by atoms with Crippen LogP contribution in [0.5, 0.6) is 17.2 Å². The molecule has 0 fully saturated rings. The highest BCUT2D eigenvalue weighted by Crippen LogP contribution is 2.24. The van der Waals surface area contributed by atoms with Gasteiger partial charge in [0.15, 0.2) is 0 Å². The lowest BCUT2D eigenvalue weighted by Gasteiger charge is -2.23. The molecular formula is C31H29NO5. The van der Waals surface area contributed by atoms with E-state index in [9.17, 15) is 9.59 Å². The summed E-state index contributed by atoms with van der Waals surface area (Å²) in [6, 6.07) is 31.6. The Morgan fingerprint density at radius 1 is 0.649 bits per heavy atom. The van der Waals surface area contributed by atoms with Crippen LogP contribution in [-0.2, 0) is 17.7 Å². The van der Waals surface area contributed by atoms with Gasteiger partial charge in [-0.25, -0.2) is 4.79 Å². The van der Waals surface area contributed by atoms with Gasteiger partial charge >= 0.3 is 5.97 Å². The van der Waals surface area contributed by atoms with Crippen molar-refractivity contribution in [3.8, 4) is 17.2 Å². The molecule has 0 saturated carbocycles. The zero-order valence-electron chi connectivity index (χ0n) is 20.9. The van der Waals surface area contributed by atoms with E-state index < -0.39 is 0 Å². The Bertz CT molecular complexity index is 1300. The van der Waals surface area contributed by atoms with Gasteiger partial charge in [-0.15, -0.1) is 0 Å². The predicted molar refractivity (Wildman–Crippen MR) is 142 cm³/mol. The average Bonchev–Trinajstić information content (AvgIpc) is 2.96. The summed E-state index contributed by atoms with van der Waals surface area (Å²) in [5.41, 5.74) is 3.13. The Hall–Kier alpha value is -4.58. The molecule has 188 valence electrons. The van der Waals surface area contributed by atoms with Crippen LogP contribution in [0.15, 0.2) is 103 Å². The van der Waals surface area contributed by atoms with Crippen molar-refractivity contribution in [1.82, 2.24) is 4.90 Å². The molecule has 0 aliphatic carbocycles. The van der Waals surface area contributed by atoms with Crippen LogP contribution >= 0.6 is 0 Å². The van der Waals surface area contributed by atoms with Gasteiger partial charge in [0.25, 0.3) is 5.91 Å². The minimum Gasteiger partial charge on any atom is -0.497 e. The molecule has 0 spiro atoms. The number of esters is 1. The maximum atomic E-state index is 13.5. The van der Waals surface area contributed by atoms with Crippen LogP contribution in [0.2, 0.25) is 0 Å². The van der Waals surface area contributed by atoms with Gasteiger partial charge in [-0.05, 0) is 78.2 Å². The van der Waals surface area contributed by atoms with E-state index in [1.807, 2.05) is 59.5 Å². The summed E-state index contributed by atoms with van der Waals surface area (Å²) in [7, 11) is 2.97. The maximum absolute atomic E-state index is 13.5. The van der Waals surface area contributed by atoms with Gasteiger partial charge < -0.3 is 19.1 Å². The van der Waals surface area contributed by atoms with Crippen molar-refractivity contribution in [2.45, 2.75) is 13.0 Å². The summed E-state index contributed by atoms with van der Waals surface area (Å²) in [5.74, 6) is 1.60. The van der Waals surface area contributed by atoms with E-state index >= 15 is 0 Å². The topological polar surface area (TPSA) is 65.1 Å². The van der Waals surface area contributed by atoms with E-state index in [1.54, 1.807) is 43.5 Å². The third-order valence-corrected chi connectivity index (χ3v) is 5.95. The zero-order valence-corrected chi connectivity index (χ0v) is 20.9. The van der Waals surface area contributed by atoms with Gasteiger partial charge in [-0.2, -0.15) is 0 Å². The number of methoxy groups -OCH3 is 2. The highest BCUT2D eigenvalue weighted by atomic mass is 16.5. The Kier molecular flexibility index (Phi) is 8.55. The number of amides is 1. The Morgan fingerprint density at radius 2 is 1.22 bits per heavy atom. The molecule has 0 saturated heterocycles. The summed E-state index contributed by atoms with van der Waals surface area (Å²) in [6.07, 6.45) is 0.728. The first-order valence-corrected chi connectivity index (χ1v) is 12.0. The monoisotopic (exact) mass is 495 g/mol. The van der Waals surface area contributed by atoms with E-state index in [-0.39, 0.29) is 11.9 Å². The first-order valence-electron chi connectivity index (χ1n) is 12.0. The normalized spacial score (nSPS) is 10.4. The van der Waals surface area contributed by atoms with E-state index in [1.165, 1.54) is 7.11 Å². The number of ether oxygens (including phenoxy) is 3. The van der Waals surface area contributed by atoms with Crippen LogP contribution in [0.3, 0.4) is 0 Å². The number of benzene rings is 4. The molecule has 37 heavy (non-hydrogen) atoms. The van der Waals surface area contributed by atoms with Gasteiger partial charge in [0.1, 0.15) is 17.2 Å². The van der Waals surface area contributed by atoms with Crippen LogP contribution in [0.1, 0.15) is 31.8 Å². The van der Waals surface area contributed by atoms with Gasteiger partial charge in [0.05, 0.1) is 19.8 Å². The van der Waals surface area contributed by atoms with Crippen molar-refractivity contribution in [3.05, 3.63) is 125 Å². The number of carbonyl (C=O) groups is 2. The molecule has 1 amide bonds. The first kappa shape index (κ1) is 25.5. The Morgan fingerprint density at radius 3 is 1.81 bits per heavy atom. The van der Waals surface area contributed by atoms with E-state index in [0.29, 0.717) is 35.7 Å². The number of rotatable bonds is 10. The SMILES string of the molecule is COC(=O)c1ccc(CN(CCc2ccccc2)C(=O)c2ccc(Oc3ccc(OC)cc3)cc2)cc1. The Balaban J connectivity index is 1.48. The second kappa shape index (κ2) is 12.4.